The number of nitrogens with zero attached hydrogens (tertiary/aromatic N) is 4. The first-order valence-corrected chi connectivity index (χ1v) is 12.0. The quantitative estimate of drug-likeness (QED) is 0.583. The van der Waals surface area contributed by atoms with E-state index in [1.54, 1.807) is 0 Å². The molecule has 4 heteroatoms. The molecule has 0 radical (unpaired) electrons. The van der Waals surface area contributed by atoms with E-state index in [1.807, 2.05) is 12.3 Å². The molecule has 1 aromatic carbocycles. The van der Waals surface area contributed by atoms with Crippen molar-refractivity contribution in [2.75, 3.05) is 33.2 Å². The molecular formula is C29H30N4. The predicted octanol–water partition coefficient (Wildman–Crippen LogP) is 4.97. The van der Waals surface area contributed by atoms with Gasteiger partial charge in [-0.05, 0) is 61.4 Å². The second-order valence-corrected chi connectivity index (χ2v) is 9.80. The molecule has 3 aromatic rings. The summed E-state index contributed by atoms with van der Waals surface area (Å²) in [5, 5.41) is 1.18. The maximum absolute atomic E-state index is 4.85. The third-order valence-corrected chi connectivity index (χ3v) is 7.59. The molecule has 4 nitrogen and oxygen atoms in total. The number of likely N-dealkylation sites (N-methyl/N-ethyl adjacent to an activating group) is 1. The van der Waals surface area contributed by atoms with Crippen LogP contribution in [0.3, 0.4) is 0 Å². The highest BCUT2D eigenvalue weighted by Gasteiger charge is 2.32. The highest BCUT2D eigenvalue weighted by molar-refractivity contribution is 5.90. The molecule has 0 spiro atoms. The van der Waals surface area contributed by atoms with E-state index in [0.717, 1.165) is 44.5 Å². The lowest BCUT2D eigenvalue weighted by molar-refractivity contribution is 0.0804. The van der Waals surface area contributed by atoms with Crippen LogP contribution in [-0.2, 0) is 6.42 Å². The first-order chi connectivity index (χ1) is 16.1. The molecule has 1 atom stereocenters. The zero-order chi connectivity index (χ0) is 22.4. The monoisotopic (exact) mass is 434 g/mol. The molecule has 0 bridgehead atoms. The van der Waals surface area contributed by atoms with Crippen molar-refractivity contribution in [1.82, 2.24) is 19.8 Å². The lowest BCUT2D eigenvalue weighted by Gasteiger charge is -2.44. The Balaban J connectivity index is 1.26. The van der Waals surface area contributed by atoms with Crippen molar-refractivity contribution in [2.45, 2.75) is 25.3 Å². The van der Waals surface area contributed by atoms with Crippen LogP contribution in [0, 0.1) is 0 Å². The van der Waals surface area contributed by atoms with E-state index in [1.165, 1.54) is 38.9 Å². The SMILES string of the molecule is CN1CCN(C2(C)C=CC(c3cnc4c(c3)C(c3ccc5ncccc5c3)=CC4)=CC2)CC1. The summed E-state index contributed by atoms with van der Waals surface area (Å²) in [5.41, 5.74) is 8.59. The molecule has 166 valence electrons. The lowest BCUT2D eigenvalue weighted by Crippen LogP contribution is -2.54. The van der Waals surface area contributed by atoms with Crippen LogP contribution < -0.4 is 0 Å². The van der Waals surface area contributed by atoms with E-state index in [9.17, 15) is 0 Å². The second kappa shape index (κ2) is 8.05. The number of piperazine rings is 1. The predicted molar refractivity (Wildman–Crippen MR) is 136 cm³/mol. The van der Waals surface area contributed by atoms with Crippen molar-refractivity contribution in [2.24, 2.45) is 0 Å². The van der Waals surface area contributed by atoms with Gasteiger partial charge in [0.15, 0.2) is 0 Å². The maximum Gasteiger partial charge on any atom is 0.0702 e. The van der Waals surface area contributed by atoms with Crippen molar-refractivity contribution in [3.8, 4) is 0 Å². The molecule has 2 aliphatic carbocycles. The molecule has 1 saturated heterocycles. The summed E-state index contributed by atoms with van der Waals surface area (Å²) in [4.78, 5) is 14.4. The highest BCUT2D eigenvalue weighted by Crippen LogP contribution is 2.36. The summed E-state index contributed by atoms with van der Waals surface area (Å²) >= 11 is 0. The minimum absolute atomic E-state index is 0.110. The summed E-state index contributed by atoms with van der Waals surface area (Å²) in [5.74, 6) is 0. The van der Waals surface area contributed by atoms with Gasteiger partial charge in [-0.15, -0.1) is 0 Å². The van der Waals surface area contributed by atoms with Crippen LogP contribution in [-0.4, -0.2) is 58.5 Å². The number of fused-ring (bicyclic) bond motifs is 2. The van der Waals surface area contributed by atoms with Gasteiger partial charge in [-0.3, -0.25) is 14.9 Å². The van der Waals surface area contributed by atoms with Crippen LogP contribution >= 0.6 is 0 Å². The van der Waals surface area contributed by atoms with Gasteiger partial charge in [0.25, 0.3) is 0 Å². The third-order valence-electron chi connectivity index (χ3n) is 7.59. The number of hydrogen-bond acceptors (Lipinski definition) is 4. The van der Waals surface area contributed by atoms with E-state index in [0.29, 0.717) is 0 Å². The second-order valence-electron chi connectivity index (χ2n) is 9.80. The molecule has 0 N–H and O–H groups in total. The van der Waals surface area contributed by atoms with Gasteiger partial charge in [0.1, 0.15) is 0 Å². The fourth-order valence-corrected chi connectivity index (χ4v) is 5.36. The van der Waals surface area contributed by atoms with Crippen molar-refractivity contribution in [3.63, 3.8) is 0 Å². The number of benzene rings is 1. The van der Waals surface area contributed by atoms with Crippen molar-refractivity contribution in [3.05, 3.63) is 95.5 Å². The average molecular weight is 435 g/mol. The Morgan fingerprint density at radius 2 is 1.82 bits per heavy atom. The molecule has 1 fully saturated rings. The minimum atomic E-state index is 0.110. The van der Waals surface area contributed by atoms with Gasteiger partial charge in [-0.1, -0.05) is 36.4 Å². The zero-order valence-electron chi connectivity index (χ0n) is 19.5. The summed E-state index contributed by atoms with van der Waals surface area (Å²) < 4.78 is 0. The molecule has 3 heterocycles. The van der Waals surface area contributed by atoms with E-state index < -0.39 is 0 Å². The fourth-order valence-electron chi connectivity index (χ4n) is 5.36. The van der Waals surface area contributed by atoms with Crippen LogP contribution in [0.5, 0.6) is 0 Å². The lowest BCUT2D eigenvalue weighted by atomic mass is 9.86. The van der Waals surface area contributed by atoms with Crippen molar-refractivity contribution < 1.29 is 0 Å². The highest BCUT2D eigenvalue weighted by atomic mass is 15.3. The number of rotatable bonds is 3. The van der Waals surface area contributed by atoms with Crippen LogP contribution in [0.2, 0.25) is 0 Å². The minimum Gasteiger partial charge on any atom is -0.304 e. The molecule has 1 unspecified atom stereocenters. The Morgan fingerprint density at radius 1 is 0.939 bits per heavy atom. The maximum atomic E-state index is 4.85. The molecule has 1 aliphatic heterocycles. The topological polar surface area (TPSA) is 32.3 Å². The van der Waals surface area contributed by atoms with Gasteiger partial charge in [-0.2, -0.15) is 0 Å². The normalized spacial score (nSPS) is 23.5. The van der Waals surface area contributed by atoms with Gasteiger partial charge in [0, 0.05) is 67.0 Å². The Kier molecular flexibility index (Phi) is 5.01. The standard InChI is InChI=1S/C29H30N4/c1-29(33-16-14-32(2)15-17-33)11-9-21(10-12-29)24-19-26-25(6-8-28(26)31-20-24)22-5-7-27-23(18-22)4-3-13-30-27/h3-7,9-11,13,18-20H,8,12,14-17H2,1-2H3. The van der Waals surface area contributed by atoms with Gasteiger partial charge >= 0.3 is 0 Å². The van der Waals surface area contributed by atoms with E-state index in [4.69, 9.17) is 4.98 Å². The smallest absolute Gasteiger partial charge is 0.0702 e. The Labute approximate surface area is 196 Å². The molecule has 3 aliphatic rings. The van der Waals surface area contributed by atoms with Crippen molar-refractivity contribution >= 4 is 22.0 Å². The van der Waals surface area contributed by atoms with Gasteiger partial charge in [-0.25, -0.2) is 0 Å². The summed E-state index contributed by atoms with van der Waals surface area (Å²) in [6, 6.07) is 13.0. The van der Waals surface area contributed by atoms with Gasteiger partial charge < -0.3 is 4.90 Å². The first kappa shape index (κ1) is 20.5. The van der Waals surface area contributed by atoms with Crippen LogP contribution in [0.15, 0.2) is 73.1 Å². The summed E-state index contributed by atoms with van der Waals surface area (Å²) in [7, 11) is 2.22. The number of pyridine rings is 2. The largest absolute Gasteiger partial charge is 0.304 e. The van der Waals surface area contributed by atoms with Crippen LogP contribution in [0.4, 0.5) is 0 Å². The van der Waals surface area contributed by atoms with Crippen LogP contribution in [0.25, 0.3) is 22.0 Å². The average Bonchev–Trinajstić information content (AvgIpc) is 3.28. The molecule has 2 aromatic heterocycles. The van der Waals surface area contributed by atoms with E-state index >= 15 is 0 Å². The van der Waals surface area contributed by atoms with E-state index in [-0.39, 0.29) is 5.54 Å². The molecule has 33 heavy (non-hydrogen) atoms. The molecule has 0 amide bonds. The first-order valence-electron chi connectivity index (χ1n) is 12.0. The number of allylic oxidation sites excluding steroid dienone is 3. The van der Waals surface area contributed by atoms with Crippen molar-refractivity contribution in [1.29, 1.82) is 0 Å². The summed E-state index contributed by atoms with van der Waals surface area (Å²) in [6.45, 7) is 6.94. The Hall–Kier alpha value is -3.08. The zero-order valence-corrected chi connectivity index (χ0v) is 19.5. The molecule has 6 rings (SSSR count). The summed E-state index contributed by atoms with van der Waals surface area (Å²) in [6.07, 6.45) is 15.3. The fraction of sp³-hybridized carbons (Fsp3) is 0.310. The third kappa shape index (κ3) is 3.73. The number of hydrogen-bond donors (Lipinski definition) is 0. The Morgan fingerprint density at radius 3 is 2.64 bits per heavy atom. The molecule has 0 saturated carbocycles. The molecular weight excluding hydrogens is 404 g/mol. The van der Waals surface area contributed by atoms with E-state index in [2.05, 4.69) is 89.6 Å². The number of aromatic nitrogens is 2. The van der Waals surface area contributed by atoms with Gasteiger partial charge in [0.05, 0.1) is 11.2 Å². The Bertz CT molecular complexity index is 1310. The van der Waals surface area contributed by atoms with Crippen LogP contribution in [0.1, 0.15) is 35.7 Å². The van der Waals surface area contributed by atoms with Gasteiger partial charge in [0.2, 0.25) is 0 Å².